The Balaban J connectivity index is 1.98. The Bertz CT molecular complexity index is 1060. The monoisotopic (exact) mass is 524 g/mol. The van der Waals surface area contributed by atoms with Crippen LogP contribution in [0.5, 0.6) is 0 Å². The molecule has 1 atom stereocenters. The third-order valence-corrected chi connectivity index (χ3v) is 6.04. The second kappa shape index (κ2) is 15.9. The summed E-state index contributed by atoms with van der Waals surface area (Å²) in [6.45, 7) is 10.1. The minimum atomic E-state index is -0.444. The molecule has 8 heteroatoms. The van der Waals surface area contributed by atoms with E-state index >= 15 is 0 Å². The summed E-state index contributed by atoms with van der Waals surface area (Å²) in [7, 11) is 0. The van der Waals surface area contributed by atoms with Crippen LogP contribution in [0.2, 0.25) is 0 Å². The lowest BCUT2D eigenvalue weighted by atomic mass is 10.0. The molecule has 0 saturated heterocycles. The van der Waals surface area contributed by atoms with Gasteiger partial charge in [-0.1, -0.05) is 46.8 Å². The molecule has 0 fully saturated rings. The Hall–Kier alpha value is -3.23. The van der Waals surface area contributed by atoms with E-state index in [0.29, 0.717) is 36.1 Å². The summed E-state index contributed by atoms with van der Waals surface area (Å²) in [6, 6.07) is 10.1. The fourth-order valence-electron chi connectivity index (χ4n) is 3.51. The summed E-state index contributed by atoms with van der Waals surface area (Å²) < 4.78 is 11.3. The van der Waals surface area contributed by atoms with Crippen LogP contribution in [0.25, 0.3) is 11.3 Å². The highest BCUT2D eigenvalue weighted by molar-refractivity contribution is 5.97. The van der Waals surface area contributed by atoms with E-state index < -0.39 is 6.04 Å². The van der Waals surface area contributed by atoms with Crippen molar-refractivity contribution >= 4 is 23.3 Å². The lowest BCUT2D eigenvalue weighted by molar-refractivity contribution is -0.123. The largest absolute Gasteiger partial charge is 0.379 e. The molecule has 1 aromatic heterocycles. The number of ether oxygens (including phenoxy) is 2. The van der Waals surface area contributed by atoms with Gasteiger partial charge in [0.2, 0.25) is 0 Å². The van der Waals surface area contributed by atoms with Crippen molar-refractivity contribution in [2.45, 2.75) is 59.9 Å². The molecule has 0 aliphatic heterocycles. The van der Waals surface area contributed by atoms with Crippen LogP contribution < -0.4 is 5.32 Å². The molecule has 0 spiro atoms. The lowest BCUT2D eigenvalue weighted by Crippen LogP contribution is -2.42. The van der Waals surface area contributed by atoms with E-state index in [1.54, 1.807) is 42.6 Å². The number of ketones is 3. The fourth-order valence-corrected chi connectivity index (χ4v) is 3.51. The van der Waals surface area contributed by atoms with Gasteiger partial charge in [-0.05, 0) is 24.3 Å². The SMILES string of the molecule is CCC(=O)CCOCC(COCCC(=O)C(C)C)NC(=O)c1ccc(-c2ccc(C(=O)C(C)C)cn2)cc1. The van der Waals surface area contributed by atoms with E-state index in [1.165, 1.54) is 0 Å². The van der Waals surface area contributed by atoms with E-state index in [4.69, 9.17) is 9.47 Å². The van der Waals surface area contributed by atoms with Crippen LogP contribution in [0.1, 0.15) is 74.6 Å². The zero-order chi connectivity index (χ0) is 28.1. The summed E-state index contributed by atoms with van der Waals surface area (Å²) in [5, 5.41) is 2.92. The Morgan fingerprint density at radius 1 is 0.816 bits per heavy atom. The van der Waals surface area contributed by atoms with Crippen LogP contribution in [0.4, 0.5) is 0 Å². The van der Waals surface area contributed by atoms with Gasteiger partial charge < -0.3 is 14.8 Å². The van der Waals surface area contributed by atoms with Crippen molar-refractivity contribution < 1.29 is 28.7 Å². The average Bonchev–Trinajstić information content (AvgIpc) is 2.92. The molecule has 2 rings (SSSR count). The Morgan fingerprint density at radius 2 is 1.42 bits per heavy atom. The van der Waals surface area contributed by atoms with E-state index in [2.05, 4.69) is 10.3 Å². The van der Waals surface area contributed by atoms with E-state index in [0.717, 1.165) is 5.56 Å². The van der Waals surface area contributed by atoms with Gasteiger partial charge in [-0.2, -0.15) is 0 Å². The van der Waals surface area contributed by atoms with Crippen molar-refractivity contribution in [3.05, 3.63) is 53.7 Å². The summed E-state index contributed by atoms with van der Waals surface area (Å²) in [5.74, 6) is -0.154. The van der Waals surface area contributed by atoms with E-state index in [-0.39, 0.29) is 61.5 Å². The number of pyridine rings is 1. The topological polar surface area (TPSA) is 112 Å². The number of nitrogens with one attached hydrogen (secondary N) is 1. The van der Waals surface area contributed by atoms with Crippen LogP contribution in [0.15, 0.2) is 42.6 Å². The van der Waals surface area contributed by atoms with Gasteiger partial charge >= 0.3 is 0 Å². The van der Waals surface area contributed by atoms with Crippen LogP contribution in [0, 0.1) is 11.8 Å². The number of nitrogens with zero attached hydrogens (tertiary/aromatic N) is 1. The number of benzene rings is 1. The molecule has 2 aromatic rings. The van der Waals surface area contributed by atoms with Gasteiger partial charge in [-0.15, -0.1) is 0 Å². The third kappa shape index (κ3) is 10.3. The molecule has 8 nitrogen and oxygen atoms in total. The van der Waals surface area contributed by atoms with Gasteiger partial charge in [0.1, 0.15) is 11.6 Å². The van der Waals surface area contributed by atoms with Gasteiger partial charge in [0, 0.05) is 54.0 Å². The first kappa shape index (κ1) is 31.0. The minimum Gasteiger partial charge on any atom is -0.379 e. The maximum absolute atomic E-state index is 12.9. The molecule has 1 heterocycles. The fraction of sp³-hybridized carbons (Fsp3) is 0.500. The molecular formula is C30H40N2O6. The maximum atomic E-state index is 12.9. The molecule has 0 saturated carbocycles. The summed E-state index contributed by atoms with van der Waals surface area (Å²) in [4.78, 5) is 52.8. The molecule has 1 amide bonds. The molecule has 0 aliphatic rings. The second-order valence-corrected chi connectivity index (χ2v) is 9.86. The predicted octanol–water partition coefficient (Wildman–Crippen LogP) is 4.70. The number of amides is 1. The van der Waals surface area contributed by atoms with Crippen molar-refractivity contribution in [3.8, 4) is 11.3 Å². The molecule has 1 unspecified atom stereocenters. The molecule has 0 bridgehead atoms. The number of hydrogen-bond acceptors (Lipinski definition) is 7. The summed E-state index contributed by atoms with van der Waals surface area (Å²) >= 11 is 0. The Kier molecular flexibility index (Phi) is 13.0. The van der Waals surface area contributed by atoms with E-state index in [1.807, 2.05) is 34.6 Å². The molecule has 1 N–H and O–H groups in total. The van der Waals surface area contributed by atoms with Crippen LogP contribution >= 0.6 is 0 Å². The number of rotatable bonds is 17. The molecule has 206 valence electrons. The first-order valence-corrected chi connectivity index (χ1v) is 13.2. The van der Waals surface area contributed by atoms with Gasteiger partial charge in [-0.3, -0.25) is 24.2 Å². The van der Waals surface area contributed by atoms with Crippen molar-refractivity contribution in [1.29, 1.82) is 0 Å². The maximum Gasteiger partial charge on any atom is 0.251 e. The molecule has 0 aliphatic carbocycles. The van der Waals surface area contributed by atoms with Crippen molar-refractivity contribution in [2.24, 2.45) is 11.8 Å². The van der Waals surface area contributed by atoms with Gasteiger partial charge in [0.05, 0.1) is 38.2 Å². The summed E-state index contributed by atoms with van der Waals surface area (Å²) in [6.07, 6.45) is 2.67. The molecule has 0 radical (unpaired) electrons. The highest BCUT2D eigenvalue weighted by Crippen LogP contribution is 2.19. The second-order valence-electron chi connectivity index (χ2n) is 9.86. The van der Waals surface area contributed by atoms with Crippen LogP contribution in [-0.2, 0) is 19.1 Å². The predicted molar refractivity (Wildman–Crippen MR) is 146 cm³/mol. The van der Waals surface area contributed by atoms with Gasteiger partial charge in [-0.25, -0.2) is 0 Å². The van der Waals surface area contributed by atoms with Crippen molar-refractivity contribution in [2.75, 3.05) is 26.4 Å². The molecule has 38 heavy (non-hydrogen) atoms. The molecule has 1 aromatic carbocycles. The van der Waals surface area contributed by atoms with Crippen LogP contribution in [0.3, 0.4) is 0 Å². The summed E-state index contributed by atoms with van der Waals surface area (Å²) in [5.41, 5.74) is 2.56. The first-order valence-electron chi connectivity index (χ1n) is 13.2. The van der Waals surface area contributed by atoms with Crippen molar-refractivity contribution in [1.82, 2.24) is 10.3 Å². The number of carbonyl (C=O) groups is 4. The zero-order valence-electron chi connectivity index (χ0n) is 23.1. The lowest BCUT2D eigenvalue weighted by Gasteiger charge is -2.19. The Morgan fingerprint density at radius 3 is 1.95 bits per heavy atom. The molecular weight excluding hydrogens is 484 g/mol. The smallest absolute Gasteiger partial charge is 0.251 e. The van der Waals surface area contributed by atoms with Gasteiger partial charge in [0.15, 0.2) is 5.78 Å². The van der Waals surface area contributed by atoms with Gasteiger partial charge in [0.25, 0.3) is 5.91 Å². The number of hydrogen-bond donors (Lipinski definition) is 1. The van der Waals surface area contributed by atoms with Crippen LogP contribution in [-0.4, -0.2) is 60.7 Å². The standard InChI is InChI=1S/C30H40N2O6/c1-6-26(33)13-15-37-18-25(19-38-16-14-28(34)20(2)3)32-30(36)23-9-7-22(8-10-23)27-12-11-24(17-31-27)29(35)21(4)5/h7-12,17,20-21,25H,6,13-16,18-19H2,1-5H3,(H,32,36). The first-order chi connectivity index (χ1) is 18.1. The minimum absolute atomic E-state index is 0.0436. The number of carbonyl (C=O) groups excluding carboxylic acids is 4. The Labute approximate surface area is 225 Å². The average molecular weight is 525 g/mol. The third-order valence-electron chi connectivity index (χ3n) is 6.04. The van der Waals surface area contributed by atoms with E-state index in [9.17, 15) is 19.2 Å². The zero-order valence-corrected chi connectivity index (χ0v) is 23.1. The number of Topliss-reactive ketones (excluding diaryl/α,β-unsaturated/α-hetero) is 3. The highest BCUT2D eigenvalue weighted by Gasteiger charge is 2.16. The van der Waals surface area contributed by atoms with Crippen molar-refractivity contribution in [3.63, 3.8) is 0 Å². The quantitative estimate of drug-likeness (QED) is 0.236. The highest BCUT2D eigenvalue weighted by atomic mass is 16.5. The number of aromatic nitrogens is 1. The normalized spacial score (nSPS) is 12.0.